The van der Waals surface area contributed by atoms with E-state index in [2.05, 4.69) is 0 Å². The molecule has 0 bridgehead atoms. The number of thiophene rings is 1. The summed E-state index contributed by atoms with van der Waals surface area (Å²) in [7, 11) is -3.38. The van der Waals surface area contributed by atoms with Crippen LogP contribution in [-0.4, -0.2) is 19.3 Å². The molecular formula is C14H15NO2S2. The molecule has 0 N–H and O–H groups in total. The van der Waals surface area contributed by atoms with Gasteiger partial charge in [-0.25, -0.2) is 8.42 Å². The lowest BCUT2D eigenvalue weighted by Gasteiger charge is -2.26. The Balaban J connectivity index is 1.97. The fraction of sp³-hybridized carbons (Fsp3) is 0.286. The fourth-order valence-corrected chi connectivity index (χ4v) is 4.95. The maximum absolute atomic E-state index is 12.7. The van der Waals surface area contributed by atoms with Gasteiger partial charge in [0.05, 0.1) is 4.90 Å². The van der Waals surface area contributed by atoms with Crippen LogP contribution in [0.4, 0.5) is 0 Å². The second-order valence-corrected chi connectivity index (χ2v) is 7.63. The van der Waals surface area contributed by atoms with Crippen molar-refractivity contribution < 1.29 is 8.42 Å². The maximum Gasteiger partial charge on any atom is 0.243 e. The van der Waals surface area contributed by atoms with Crippen LogP contribution in [0.5, 0.6) is 0 Å². The molecule has 0 fully saturated rings. The number of hydrogen-bond acceptors (Lipinski definition) is 3. The molecule has 2 heterocycles. The summed E-state index contributed by atoms with van der Waals surface area (Å²) < 4.78 is 26.9. The van der Waals surface area contributed by atoms with Gasteiger partial charge in [0.25, 0.3) is 0 Å². The largest absolute Gasteiger partial charge is 0.243 e. The lowest BCUT2D eigenvalue weighted by Crippen LogP contribution is -2.35. The number of rotatable bonds is 2. The first-order valence-corrected chi connectivity index (χ1v) is 8.52. The number of aryl methyl sites for hydroxylation is 1. The molecule has 0 unspecified atom stereocenters. The smallest absolute Gasteiger partial charge is 0.207 e. The van der Waals surface area contributed by atoms with Gasteiger partial charge < -0.3 is 0 Å². The van der Waals surface area contributed by atoms with E-state index in [0.717, 1.165) is 17.5 Å². The highest BCUT2D eigenvalue weighted by atomic mass is 32.2. The van der Waals surface area contributed by atoms with E-state index >= 15 is 0 Å². The molecular weight excluding hydrogens is 278 g/mol. The van der Waals surface area contributed by atoms with Crippen molar-refractivity contribution in [2.45, 2.75) is 24.8 Å². The van der Waals surface area contributed by atoms with Crippen molar-refractivity contribution in [2.24, 2.45) is 0 Å². The van der Waals surface area contributed by atoms with E-state index in [9.17, 15) is 8.42 Å². The van der Waals surface area contributed by atoms with E-state index in [4.69, 9.17) is 0 Å². The maximum atomic E-state index is 12.7. The lowest BCUT2D eigenvalue weighted by molar-refractivity contribution is 0.394. The summed E-state index contributed by atoms with van der Waals surface area (Å²) in [6.45, 7) is 2.91. The molecule has 0 amide bonds. The predicted octanol–water partition coefficient (Wildman–Crippen LogP) is 2.80. The Kier molecular flexibility index (Phi) is 3.20. The van der Waals surface area contributed by atoms with Crippen molar-refractivity contribution in [2.75, 3.05) is 6.54 Å². The molecule has 1 aromatic carbocycles. The highest BCUT2D eigenvalue weighted by Gasteiger charge is 2.29. The van der Waals surface area contributed by atoms with Gasteiger partial charge in [0.15, 0.2) is 0 Å². The number of fused-ring (bicyclic) bond motifs is 1. The first-order valence-electron chi connectivity index (χ1n) is 6.20. The van der Waals surface area contributed by atoms with Gasteiger partial charge in [-0.2, -0.15) is 4.31 Å². The van der Waals surface area contributed by atoms with Crippen molar-refractivity contribution >= 4 is 21.4 Å². The van der Waals surface area contributed by atoms with Crippen molar-refractivity contribution in [3.05, 3.63) is 51.7 Å². The summed E-state index contributed by atoms with van der Waals surface area (Å²) >= 11 is 1.72. The minimum absolute atomic E-state index is 0.425. The Morgan fingerprint density at radius 1 is 1.21 bits per heavy atom. The summed E-state index contributed by atoms with van der Waals surface area (Å²) in [5.74, 6) is 0. The highest BCUT2D eigenvalue weighted by molar-refractivity contribution is 7.89. The van der Waals surface area contributed by atoms with Crippen LogP contribution in [0.3, 0.4) is 0 Å². The average Bonchev–Trinajstić information content (AvgIpc) is 2.86. The van der Waals surface area contributed by atoms with Crippen molar-refractivity contribution in [1.29, 1.82) is 0 Å². The highest BCUT2D eigenvalue weighted by Crippen LogP contribution is 2.28. The minimum atomic E-state index is -3.38. The topological polar surface area (TPSA) is 37.4 Å². The zero-order valence-electron chi connectivity index (χ0n) is 10.7. The number of nitrogens with zero attached hydrogens (tertiary/aromatic N) is 1. The normalized spacial score (nSPS) is 16.3. The average molecular weight is 293 g/mol. The third kappa shape index (κ3) is 2.22. The number of sulfonamides is 1. The van der Waals surface area contributed by atoms with Gasteiger partial charge in [0.2, 0.25) is 10.0 Å². The van der Waals surface area contributed by atoms with Gasteiger partial charge in [0, 0.05) is 18.0 Å². The summed E-state index contributed by atoms with van der Waals surface area (Å²) in [6, 6.07) is 9.20. The Bertz CT molecular complexity index is 704. The first kappa shape index (κ1) is 12.8. The van der Waals surface area contributed by atoms with Crippen LogP contribution in [0.15, 0.2) is 40.6 Å². The molecule has 3 rings (SSSR count). The molecule has 1 aromatic heterocycles. The molecule has 0 spiro atoms. The summed E-state index contributed by atoms with van der Waals surface area (Å²) in [5, 5.41) is 2.04. The van der Waals surface area contributed by atoms with E-state index in [0.29, 0.717) is 18.0 Å². The Hall–Kier alpha value is -1.17. The van der Waals surface area contributed by atoms with Gasteiger partial charge in [-0.3, -0.25) is 0 Å². The van der Waals surface area contributed by atoms with Crippen LogP contribution < -0.4 is 0 Å². The molecule has 2 aromatic rings. The van der Waals surface area contributed by atoms with Crippen molar-refractivity contribution in [3.63, 3.8) is 0 Å². The number of hydrogen-bond donors (Lipinski definition) is 0. The van der Waals surface area contributed by atoms with Gasteiger partial charge in [-0.1, -0.05) is 18.2 Å². The van der Waals surface area contributed by atoms with Crippen LogP contribution in [0.2, 0.25) is 0 Å². The van der Waals surface area contributed by atoms with Crippen molar-refractivity contribution in [1.82, 2.24) is 4.31 Å². The molecule has 0 atom stereocenters. The molecule has 0 aliphatic carbocycles. The van der Waals surface area contributed by atoms with Gasteiger partial charge >= 0.3 is 0 Å². The molecule has 19 heavy (non-hydrogen) atoms. The Morgan fingerprint density at radius 2 is 2.00 bits per heavy atom. The van der Waals surface area contributed by atoms with E-state index < -0.39 is 10.0 Å². The zero-order chi connectivity index (χ0) is 13.5. The molecule has 0 radical (unpaired) electrons. The predicted molar refractivity (Wildman–Crippen MR) is 76.8 cm³/mol. The van der Waals surface area contributed by atoms with E-state index in [1.807, 2.05) is 30.5 Å². The van der Waals surface area contributed by atoms with E-state index in [-0.39, 0.29) is 0 Å². The third-order valence-corrected chi connectivity index (χ3v) is 6.51. The second kappa shape index (κ2) is 4.74. The van der Waals surface area contributed by atoms with Crippen LogP contribution >= 0.6 is 11.3 Å². The van der Waals surface area contributed by atoms with E-state index in [1.165, 1.54) is 4.88 Å². The molecule has 1 aliphatic rings. The first-order chi connectivity index (χ1) is 9.09. The quantitative estimate of drug-likeness (QED) is 0.854. The van der Waals surface area contributed by atoms with Crippen LogP contribution in [0.25, 0.3) is 0 Å². The molecule has 100 valence electrons. The molecule has 3 nitrogen and oxygen atoms in total. The minimum Gasteiger partial charge on any atom is -0.207 e. The summed E-state index contributed by atoms with van der Waals surface area (Å²) in [4.78, 5) is 1.74. The molecule has 1 aliphatic heterocycles. The standard InChI is InChI=1S/C14H15NO2S2/c1-11-4-2-3-5-14(11)19(16,17)15-8-6-13-12(10-15)7-9-18-13/h2-5,7,9H,6,8,10H2,1H3. The summed E-state index contributed by atoms with van der Waals surface area (Å²) in [6.07, 6.45) is 0.818. The van der Waals surface area contributed by atoms with Gasteiger partial charge in [-0.15, -0.1) is 11.3 Å². The van der Waals surface area contributed by atoms with Gasteiger partial charge in [-0.05, 0) is 42.0 Å². The SMILES string of the molecule is Cc1ccccc1S(=O)(=O)N1CCc2sccc2C1. The molecule has 0 saturated heterocycles. The van der Waals surface area contributed by atoms with Crippen LogP contribution in [0, 0.1) is 6.92 Å². The van der Waals surface area contributed by atoms with Crippen LogP contribution in [-0.2, 0) is 23.0 Å². The van der Waals surface area contributed by atoms with E-state index in [1.54, 1.807) is 27.8 Å². The zero-order valence-corrected chi connectivity index (χ0v) is 12.3. The molecule has 5 heteroatoms. The monoisotopic (exact) mass is 293 g/mol. The third-order valence-electron chi connectivity index (χ3n) is 3.48. The Labute approximate surface area is 117 Å². The molecule has 0 saturated carbocycles. The Morgan fingerprint density at radius 3 is 2.79 bits per heavy atom. The number of benzene rings is 1. The summed E-state index contributed by atoms with van der Waals surface area (Å²) in [5.41, 5.74) is 1.95. The van der Waals surface area contributed by atoms with Crippen molar-refractivity contribution in [3.8, 4) is 0 Å². The fourth-order valence-electron chi connectivity index (χ4n) is 2.41. The van der Waals surface area contributed by atoms with Gasteiger partial charge in [0.1, 0.15) is 0 Å². The van der Waals surface area contributed by atoms with Crippen LogP contribution in [0.1, 0.15) is 16.0 Å². The second-order valence-electron chi connectivity index (χ2n) is 4.72. The lowest BCUT2D eigenvalue weighted by atomic mass is 10.1.